The molecule has 0 aliphatic rings. The number of benzene rings is 1. The van der Waals surface area contributed by atoms with Crippen molar-refractivity contribution in [3.8, 4) is 5.75 Å². The van der Waals surface area contributed by atoms with Gasteiger partial charge in [0.15, 0.2) is 0 Å². The number of hydrogen-bond donors (Lipinski definition) is 1. The lowest BCUT2D eigenvalue weighted by Gasteiger charge is -2.06. The number of aromatic amines is 1. The zero-order valence-corrected chi connectivity index (χ0v) is 9.98. The third-order valence-electron chi connectivity index (χ3n) is 2.53. The molecular formula is C12H9F3N2O3. The molecule has 20 heavy (non-hydrogen) atoms. The van der Waals surface area contributed by atoms with E-state index in [1.54, 1.807) is 0 Å². The molecule has 0 atom stereocenters. The number of nitro groups is 1. The second-order valence-corrected chi connectivity index (χ2v) is 3.89. The first kappa shape index (κ1) is 13.9. The van der Waals surface area contributed by atoms with Crippen molar-refractivity contribution in [2.45, 2.75) is 6.18 Å². The zero-order valence-electron chi connectivity index (χ0n) is 9.98. The lowest BCUT2D eigenvalue weighted by Crippen LogP contribution is -2.04. The van der Waals surface area contributed by atoms with Crippen molar-refractivity contribution in [1.82, 2.24) is 4.98 Å². The fourth-order valence-corrected chi connectivity index (χ4v) is 1.66. The van der Waals surface area contributed by atoms with Crippen molar-refractivity contribution in [3.63, 3.8) is 0 Å². The molecule has 0 unspecified atom stereocenters. The Kier molecular flexibility index (Phi) is 3.64. The molecule has 0 saturated carbocycles. The van der Waals surface area contributed by atoms with Crippen LogP contribution in [0.4, 0.5) is 13.2 Å². The largest absolute Gasteiger partial charge is 0.487 e. The van der Waals surface area contributed by atoms with Gasteiger partial charge in [0.1, 0.15) is 12.4 Å². The maximum absolute atomic E-state index is 12.5. The van der Waals surface area contributed by atoms with Crippen molar-refractivity contribution in [2.75, 3.05) is 6.61 Å². The van der Waals surface area contributed by atoms with Crippen molar-refractivity contribution in [1.29, 1.82) is 0 Å². The number of aromatic nitrogens is 1. The van der Waals surface area contributed by atoms with Gasteiger partial charge in [0.25, 0.3) is 0 Å². The summed E-state index contributed by atoms with van der Waals surface area (Å²) in [5.41, 5.74) is -0.472. The van der Waals surface area contributed by atoms with Crippen LogP contribution in [-0.4, -0.2) is 16.5 Å². The van der Waals surface area contributed by atoms with E-state index < -0.39 is 16.7 Å². The molecule has 106 valence electrons. The van der Waals surface area contributed by atoms with E-state index in [-0.39, 0.29) is 12.1 Å². The molecule has 0 amide bonds. The Hall–Kier alpha value is -2.51. The molecule has 0 radical (unpaired) electrons. The molecule has 0 aliphatic heterocycles. The molecule has 2 aromatic rings. The number of alkyl halides is 3. The molecule has 2 rings (SSSR count). The first-order valence-corrected chi connectivity index (χ1v) is 5.49. The molecule has 0 saturated heterocycles. The number of ether oxygens (including phenoxy) is 1. The van der Waals surface area contributed by atoms with Gasteiger partial charge in [0.2, 0.25) is 6.20 Å². The van der Waals surface area contributed by atoms with Gasteiger partial charge in [-0.25, -0.2) is 0 Å². The Labute approximate surface area is 110 Å². The van der Waals surface area contributed by atoms with Gasteiger partial charge in [-0.05, 0) is 18.2 Å². The standard InChI is InChI=1S/C12H9F3N2O3/c13-12(14,15)8-2-3-9-10(6-8)16-7-11(9)20-5-1-4-17(18)19/h1-4,6-7,16H,5H2. The van der Waals surface area contributed by atoms with Gasteiger partial charge in [-0.15, -0.1) is 0 Å². The molecule has 0 aliphatic carbocycles. The van der Waals surface area contributed by atoms with E-state index in [2.05, 4.69) is 4.98 Å². The van der Waals surface area contributed by atoms with Gasteiger partial charge in [-0.1, -0.05) is 0 Å². The second-order valence-electron chi connectivity index (χ2n) is 3.89. The van der Waals surface area contributed by atoms with Crippen LogP contribution in [0.5, 0.6) is 5.75 Å². The van der Waals surface area contributed by atoms with Gasteiger partial charge in [0.05, 0.1) is 10.5 Å². The van der Waals surface area contributed by atoms with Crippen LogP contribution in [0.3, 0.4) is 0 Å². The van der Waals surface area contributed by atoms with Gasteiger partial charge in [-0.3, -0.25) is 10.1 Å². The van der Waals surface area contributed by atoms with E-state index in [4.69, 9.17) is 4.74 Å². The third kappa shape index (κ3) is 3.08. The number of nitrogens with one attached hydrogen (secondary N) is 1. The first-order valence-electron chi connectivity index (χ1n) is 5.49. The van der Waals surface area contributed by atoms with E-state index in [0.29, 0.717) is 11.1 Å². The minimum Gasteiger partial charge on any atom is -0.487 e. The molecule has 1 aromatic heterocycles. The number of hydrogen-bond acceptors (Lipinski definition) is 3. The minimum absolute atomic E-state index is 0.0467. The smallest absolute Gasteiger partial charge is 0.416 e. The van der Waals surface area contributed by atoms with Crippen LogP contribution in [0, 0.1) is 10.1 Å². The molecular weight excluding hydrogens is 277 g/mol. The molecule has 1 N–H and O–H groups in total. The lowest BCUT2D eigenvalue weighted by atomic mass is 10.1. The fraction of sp³-hybridized carbons (Fsp3) is 0.167. The number of fused-ring (bicyclic) bond motifs is 1. The van der Waals surface area contributed by atoms with Gasteiger partial charge in [-0.2, -0.15) is 13.2 Å². The number of H-pyrrole nitrogens is 1. The normalized spacial score (nSPS) is 12.2. The number of halogens is 3. The summed E-state index contributed by atoms with van der Waals surface area (Å²) >= 11 is 0. The molecule has 8 heteroatoms. The minimum atomic E-state index is -4.41. The van der Waals surface area contributed by atoms with Crippen LogP contribution in [0.1, 0.15) is 5.56 Å². The Morgan fingerprint density at radius 2 is 2.15 bits per heavy atom. The quantitative estimate of drug-likeness (QED) is 0.692. The predicted octanol–water partition coefficient (Wildman–Crippen LogP) is 3.36. The van der Waals surface area contributed by atoms with Gasteiger partial charge in [0, 0.05) is 23.2 Å². The van der Waals surface area contributed by atoms with Crippen LogP contribution in [0.15, 0.2) is 36.7 Å². The van der Waals surface area contributed by atoms with E-state index >= 15 is 0 Å². The summed E-state index contributed by atoms with van der Waals surface area (Å²) in [7, 11) is 0. The number of nitrogens with zero attached hydrogens (tertiary/aromatic N) is 1. The van der Waals surface area contributed by atoms with Crippen LogP contribution in [0.2, 0.25) is 0 Å². The van der Waals surface area contributed by atoms with Crippen LogP contribution < -0.4 is 4.74 Å². The topological polar surface area (TPSA) is 68.2 Å². The average molecular weight is 286 g/mol. The highest BCUT2D eigenvalue weighted by Gasteiger charge is 2.30. The average Bonchev–Trinajstić information content (AvgIpc) is 2.76. The summed E-state index contributed by atoms with van der Waals surface area (Å²) in [5, 5.41) is 10.5. The molecule has 0 fully saturated rings. The number of rotatable bonds is 4. The fourth-order valence-electron chi connectivity index (χ4n) is 1.66. The Morgan fingerprint density at radius 3 is 2.80 bits per heavy atom. The van der Waals surface area contributed by atoms with Crippen molar-refractivity contribution in [3.05, 3.63) is 52.3 Å². The molecule has 1 aromatic carbocycles. The maximum Gasteiger partial charge on any atom is 0.416 e. The summed E-state index contributed by atoms with van der Waals surface area (Å²) in [6.45, 7) is -0.0467. The predicted molar refractivity (Wildman–Crippen MR) is 64.9 cm³/mol. The Balaban J connectivity index is 2.18. The van der Waals surface area contributed by atoms with Gasteiger partial charge >= 0.3 is 6.18 Å². The van der Waals surface area contributed by atoms with Gasteiger partial charge < -0.3 is 9.72 Å². The summed E-state index contributed by atoms with van der Waals surface area (Å²) in [4.78, 5) is 12.1. The van der Waals surface area contributed by atoms with Crippen LogP contribution >= 0.6 is 0 Å². The van der Waals surface area contributed by atoms with E-state index in [1.165, 1.54) is 18.3 Å². The maximum atomic E-state index is 12.5. The van der Waals surface area contributed by atoms with Crippen molar-refractivity contribution in [2.24, 2.45) is 0 Å². The van der Waals surface area contributed by atoms with E-state index in [9.17, 15) is 23.3 Å². The van der Waals surface area contributed by atoms with Crippen LogP contribution in [-0.2, 0) is 6.18 Å². The van der Waals surface area contributed by atoms with Crippen LogP contribution in [0.25, 0.3) is 10.9 Å². The Morgan fingerprint density at radius 1 is 1.40 bits per heavy atom. The monoisotopic (exact) mass is 286 g/mol. The molecule has 1 heterocycles. The highest BCUT2D eigenvalue weighted by atomic mass is 19.4. The lowest BCUT2D eigenvalue weighted by molar-refractivity contribution is -0.402. The summed E-state index contributed by atoms with van der Waals surface area (Å²) in [6, 6.07) is 3.23. The molecule has 0 bridgehead atoms. The SMILES string of the molecule is O=[N+]([O-])C=CCOc1c[nH]c2cc(C(F)(F)F)ccc12. The Bertz CT molecular complexity index is 662. The van der Waals surface area contributed by atoms with E-state index in [0.717, 1.165) is 18.3 Å². The van der Waals surface area contributed by atoms with E-state index in [1.807, 2.05) is 0 Å². The highest BCUT2D eigenvalue weighted by molar-refractivity contribution is 5.86. The second kappa shape index (κ2) is 5.24. The zero-order chi connectivity index (χ0) is 14.8. The highest BCUT2D eigenvalue weighted by Crippen LogP contribution is 2.33. The summed E-state index contributed by atoms with van der Waals surface area (Å²) < 4.78 is 42.8. The molecule has 0 spiro atoms. The van der Waals surface area contributed by atoms with Crippen molar-refractivity contribution >= 4 is 10.9 Å². The summed E-state index contributed by atoms with van der Waals surface area (Å²) in [5.74, 6) is 0.335. The molecule has 5 nitrogen and oxygen atoms in total. The first-order chi connectivity index (χ1) is 9.38. The third-order valence-corrected chi connectivity index (χ3v) is 2.53. The van der Waals surface area contributed by atoms with Crippen molar-refractivity contribution < 1.29 is 22.8 Å². The summed E-state index contributed by atoms with van der Waals surface area (Å²) in [6.07, 6.45) is -1.07.